The van der Waals surface area contributed by atoms with Crippen molar-refractivity contribution in [3.63, 3.8) is 0 Å². The number of rotatable bonds is 10. The number of ether oxygens (including phenoxy) is 2. The molecule has 3 rings (SSSR count). The van der Waals surface area contributed by atoms with Gasteiger partial charge in [0.15, 0.2) is 5.60 Å². The predicted molar refractivity (Wildman–Crippen MR) is 123 cm³/mol. The quantitative estimate of drug-likeness (QED) is 0.475. The van der Waals surface area contributed by atoms with Gasteiger partial charge < -0.3 is 29.9 Å². The number of aliphatic hydroxyl groups is 1. The van der Waals surface area contributed by atoms with Crippen LogP contribution in [0.2, 0.25) is 0 Å². The second-order valence-corrected chi connectivity index (χ2v) is 8.42. The molecule has 2 amide bonds. The zero-order chi connectivity index (χ0) is 24.1. The van der Waals surface area contributed by atoms with E-state index in [1.807, 2.05) is 31.2 Å². The number of unbranched alkanes of at least 4 members (excludes halogenated alkanes) is 1. The predicted octanol–water partition coefficient (Wildman–Crippen LogP) is 3.01. The monoisotopic (exact) mass is 456 g/mol. The van der Waals surface area contributed by atoms with Gasteiger partial charge in [-0.15, -0.1) is 0 Å². The van der Waals surface area contributed by atoms with Gasteiger partial charge in [0, 0.05) is 6.61 Å². The van der Waals surface area contributed by atoms with Crippen molar-refractivity contribution in [1.29, 1.82) is 0 Å². The molecule has 1 unspecified atom stereocenters. The third-order valence-electron chi connectivity index (χ3n) is 6.11. The van der Waals surface area contributed by atoms with Crippen molar-refractivity contribution in [3.05, 3.63) is 65.2 Å². The second-order valence-electron chi connectivity index (χ2n) is 8.42. The lowest BCUT2D eigenvalue weighted by atomic mass is 9.81. The van der Waals surface area contributed by atoms with Crippen molar-refractivity contribution in [2.75, 3.05) is 33.4 Å². The summed E-state index contributed by atoms with van der Waals surface area (Å²) in [7, 11) is 1.52. The summed E-state index contributed by atoms with van der Waals surface area (Å²) in [5, 5.41) is 22.7. The van der Waals surface area contributed by atoms with Gasteiger partial charge in [0.1, 0.15) is 11.4 Å². The summed E-state index contributed by atoms with van der Waals surface area (Å²) >= 11 is 0. The van der Waals surface area contributed by atoms with Gasteiger partial charge in [-0.05, 0) is 42.2 Å². The molecule has 2 aromatic carbocycles. The van der Waals surface area contributed by atoms with E-state index in [1.54, 1.807) is 24.3 Å². The summed E-state index contributed by atoms with van der Waals surface area (Å²) in [5.41, 5.74) is -0.355. The number of hydrogen-bond donors (Lipinski definition) is 3. The molecule has 8 nitrogen and oxygen atoms in total. The smallest absolute Gasteiger partial charge is 0.404 e. The van der Waals surface area contributed by atoms with Crippen molar-refractivity contribution >= 4 is 12.0 Å². The zero-order valence-corrected chi connectivity index (χ0v) is 19.3. The van der Waals surface area contributed by atoms with Crippen molar-refractivity contribution < 1.29 is 29.3 Å². The topological polar surface area (TPSA) is 108 Å². The van der Waals surface area contributed by atoms with E-state index in [0.717, 1.165) is 24.0 Å². The highest BCUT2D eigenvalue weighted by Gasteiger charge is 2.53. The summed E-state index contributed by atoms with van der Waals surface area (Å²) in [5.74, 6) is -0.0173. The molecule has 33 heavy (non-hydrogen) atoms. The van der Waals surface area contributed by atoms with Crippen molar-refractivity contribution in [3.8, 4) is 5.75 Å². The molecule has 2 aromatic rings. The normalized spacial score (nSPS) is 16.4. The lowest BCUT2D eigenvalue weighted by molar-refractivity contribution is -0.188. The van der Waals surface area contributed by atoms with E-state index in [4.69, 9.17) is 14.6 Å². The Hall–Kier alpha value is -3.10. The maximum atomic E-state index is 13.5. The van der Waals surface area contributed by atoms with Crippen LogP contribution < -0.4 is 10.1 Å². The van der Waals surface area contributed by atoms with Crippen molar-refractivity contribution in [1.82, 2.24) is 10.2 Å². The first kappa shape index (κ1) is 24.5. The number of carboxylic acid groups (broad SMARTS) is 1. The first-order chi connectivity index (χ1) is 15.8. The van der Waals surface area contributed by atoms with Crippen LogP contribution in [0, 0.1) is 6.92 Å². The molecule has 1 aliphatic rings. The SMILES string of the molecule is CCCCOC1(c2ccccc2C)CN(C(=O)C(O)(CNC(=O)O)c2ccc(OC)cc2)C1. The van der Waals surface area contributed by atoms with Crippen LogP contribution in [0.3, 0.4) is 0 Å². The van der Waals surface area contributed by atoms with E-state index in [9.17, 15) is 14.7 Å². The van der Waals surface area contributed by atoms with Crippen LogP contribution in [0.4, 0.5) is 4.79 Å². The van der Waals surface area contributed by atoms with E-state index < -0.39 is 29.7 Å². The summed E-state index contributed by atoms with van der Waals surface area (Å²) in [6.45, 7) is 4.73. The lowest BCUT2D eigenvalue weighted by Crippen LogP contribution is -2.67. The van der Waals surface area contributed by atoms with Crippen LogP contribution in [0.15, 0.2) is 48.5 Å². The fraction of sp³-hybridized carbons (Fsp3) is 0.440. The number of carbonyl (C=O) groups is 2. The Kier molecular flexibility index (Phi) is 7.61. The number of aryl methyl sites for hydroxylation is 1. The van der Waals surface area contributed by atoms with Crippen LogP contribution >= 0.6 is 0 Å². The molecule has 0 radical (unpaired) electrons. The van der Waals surface area contributed by atoms with Gasteiger partial charge in [0.25, 0.3) is 5.91 Å². The number of benzene rings is 2. The number of carbonyl (C=O) groups excluding carboxylic acids is 1. The minimum absolute atomic E-state index is 0.270. The van der Waals surface area contributed by atoms with E-state index in [1.165, 1.54) is 12.0 Å². The van der Waals surface area contributed by atoms with Crippen LogP contribution in [0.5, 0.6) is 5.75 Å². The van der Waals surface area contributed by atoms with Gasteiger partial charge in [0.2, 0.25) is 0 Å². The van der Waals surface area contributed by atoms with Gasteiger partial charge in [-0.1, -0.05) is 49.7 Å². The Bertz CT molecular complexity index is 971. The van der Waals surface area contributed by atoms with Gasteiger partial charge >= 0.3 is 6.09 Å². The Morgan fingerprint density at radius 2 is 1.82 bits per heavy atom. The zero-order valence-electron chi connectivity index (χ0n) is 19.3. The largest absolute Gasteiger partial charge is 0.497 e. The summed E-state index contributed by atoms with van der Waals surface area (Å²) < 4.78 is 11.4. The third-order valence-corrected chi connectivity index (χ3v) is 6.11. The van der Waals surface area contributed by atoms with Crippen LogP contribution in [0.1, 0.15) is 36.5 Å². The molecule has 0 aliphatic carbocycles. The molecule has 0 saturated carbocycles. The third kappa shape index (κ3) is 5.12. The molecule has 1 heterocycles. The minimum Gasteiger partial charge on any atom is -0.497 e. The molecule has 3 N–H and O–H groups in total. The summed E-state index contributed by atoms with van der Waals surface area (Å²) in [6, 6.07) is 14.3. The van der Waals surface area contributed by atoms with Gasteiger partial charge in [-0.25, -0.2) is 4.79 Å². The molecule has 0 bridgehead atoms. The second kappa shape index (κ2) is 10.2. The Morgan fingerprint density at radius 3 is 2.39 bits per heavy atom. The molecule has 8 heteroatoms. The maximum Gasteiger partial charge on any atom is 0.404 e. The fourth-order valence-corrected chi connectivity index (χ4v) is 4.18. The number of amides is 2. The molecule has 0 spiro atoms. The highest BCUT2D eigenvalue weighted by atomic mass is 16.5. The Labute approximate surface area is 194 Å². The van der Waals surface area contributed by atoms with E-state index in [0.29, 0.717) is 12.4 Å². The Balaban J connectivity index is 1.87. The van der Waals surface area contributed by atoms with Crippen LogP contribution in [0.25, 0.3) is 0 Å². The first-order valence-corrected chi connectivity index (χ1v) is 11.1. The fourth-order valence-electron chi connectivity index (χ4n) is 4.18. The molecular weight excluding hydrogens is 424 g/mol. The van der Waals surface area contributed by atoms with E-state index in [-0.39, 0.29) is 18.7 Å². The molecule has 1 saturated heterocycles. The minimum atomic E-state index is -2.06. The van der Waals surface area contributed by atoms with E-state index in [2.05, 4.69) is 12.2 Å². The van der Waals surface area contributed by atoms with E-state index >= 15 is 0 Å². The molecular formula is C25H32N2O6. The van der Waals surface area contributed by atoms with Gasteiger partial charge in [0.05, 0.1) is 26.7 Å². The van der Waals surface area contributed by atoms with Crippen molar-refractivity contribution in [2.45, 2.75) is 37.9 Å². The van der Waals surface area contributed by atoms with Gasteiger partial charge in [-0.2, -0.15) is 0 Å². The van der Waals surface area contributed by atoms with Crippen LogP contribution in [-0.2, 0) is 20.7 Å². The highest BCUT2D eigenvalue weighted by Crippen LogP contribution is 2.40. The number of likely N-dealkylation sites (tertiary alicyclic amines) is 1. The number of methoxy groups -OCH3 is 1. The van der Waals surface area contributed by atoms with Crippen molar-refractivity contribution in [2.24, 2.45) is 0 Å². The average molecular weight is 457 g/mol. The highest BCUT2D eigenvalue weighted by molar-refractivity contribution is 5.88. The lowest BCUT2D eigenvalue weighted by Gasteiger charge is -2.52. The average Bonchev–Trinajstić information content (AvgIpc) is 2.79. The molecule has 0 aromatic heterocycles. The van der Waals surface area contributed by atoms with Gasteiger partial charge in [-0.3, -0.25) is 4.79 Å². The molecule has 178 valence electrons. The molecule has 1 aliphatic heterocycles. The maximum absolute atomic E-state index is 13.5. The summed E-state index contributed by atoms with van der Waals surface area (Å²) in [6.07, 6.45) is 0.570. The molecule has 1 fully saturated rings. The van der Waals surface area contributed by atoms with Crippen LogP contribution in [-0.4, -0.2) is 60.5 Å². The number of nitrogens with zero attached hydrogens (tertiary/aromatic N) is 1. The first-order valence-electron chi connectivity index (χ1n) is 11.1. The number of hydrogen-bond acceptors (Lipinski definition) is 5. The molecule has 1 atom stereocenters. The Morgan fingerprint density at radius 1 is 1.15 bits per heavy atom. The standard InChI is InChI=1S/C25H32N2O6/c1-4-5-14-33-24(21-9-7-6-8-18(21)2)16-27(17-24)22(28)25(31,15-26-23(29)30)19-10-12-20(32-3)13-11-19/h6-13,26,31H,4-5,14-17H2,1-3H3,(H,29,30). The summed E-state index contributed by atoms with van der Waals surface area (Å²) in [4.78, 5) is 26.2. The number of nitrogens with one attached hydrogen (secondary N) is 1.